The molecule has 0 unspecified atom stereocenters. The predicted molar refractivity (Wildman–Crippen MR) is 81.7 cm³/mol. The topological polar surface area (TPSA) is 62.3 Å². The van der Waals surface area contributed by atoms with Crippen LogP contribution in [-0.2, 0) is 13.0 Å². The Morgan fingerprint density at radius 3 is 2.71 bits per heavy atom. The lowest BCUT2D eigenvalue weighted by atomic mass is 10.1. The van der Waals surface area contributed by atoms with Gasteiger partial charge in [0.05, 0.1) is 28.4 Å². The van der Waals surface area contributed by atoms with Gasteiger partial charge in [0.25, 0.3) is 11.8 Å². The number of benzene rings is 1. The van der Waals surface area contributed by atoms with Crippen molar-refractivity contribution in [2.45, 2.75) is 19.9 Å². The van der Waals surface area contributed by atoms with Crippen LogP contribution in [0.3, 0.4) is 0 Å². The summed E-state index contributed by atoms with van der Waals surface area (Å²) in [5.41, 5.74) is 2.73. The fourth-order valence-electron chi connectivity index (χ4n) is 2.26. The standard InChI is InChI=1S/C15H15N3O2S/c1-3-13-17-10(8-21-13)7-16-9-4-5-11-12(6-9)15(20)18(2)14(11)19/h4-6,8,16H,3,7H2,1-2H3. The lowest BCUT2D eigenvalue weighted by Gasteiger charge is -2.05. The molecule has 0 atom stereocenters. The molecule has 21 heavy (non-hydrogen) atoms. The van der Waals surface area contributed by atoms with E-state index in [4.69, 9.17) is 0 Å². The average molecular weight is 301 g/mol. The van der Waals surface area contributed by atoms with E-state index in [0.717, 1.165) is 27.7 Å². The number of nitrogens with one attached hydrogen (secondary N) is 1. The van der Waals surface area contributed by atoms with Crippen molar-refractivity contribution in [3.05, 3.63) is 45.4 Å². The molecule has 3 rings (SSSR count). The fraction of sp³-hybridized carbons (Fsp3) is 0.267. The molecule has 6 heteroatoms. The Kier molecular flexibility index (Phi) is 3.47. The van der Waals surface area contributed by atoms with Gasteiger partial charge in [-0.25, -0.2) is 4.98 Å². The molecule has 1 N–H and O–H groups in total. The maximum absolute atomic E-state index is 11.9. The van der Waals surface area contributed by atoms with Crippen LogP contribution in [-0.4, -0.2) is 28.7 Å². The first-order valence-electron chi connectivity index (χ1n) is 6.73. The molecule has 0 spiro atoms. The number of aromatic nitrogens is 1. The van der Waals surface area contributed by atoms with Gasteiger partial charge in [-0.05, 0) is 24.6 Å². The van der Waals surface area contributed by atoms with Gasteiger partial charge in [-0.15, -0.1) is 11.3 Å². The van der Waals surface area contributed by atoms with E-state index in [1.54, 1.807) is 23.5 Å². The number of hydrogen-bond acceptors (Lipinski definition) is 5. The maximum Gasteiger partial charge on any atom is 0.261 e. The summed E-state index contributed by atoms with van der Waals surface area (Å²) in [5.74, 6) is -0.491. The molecule has 0 saturated carbocycles. The molecule has 108 valence electrons. The van der Waals surface area contributed by atoms with E-state index in [1.807, 2.05) is 11.4 Å². The normalized spacial score (nSPS) is 13.7. The first-order chi connectivity index (χ1) is 10.1. The highest BCUT2D eigenvalue weighted by atomic mass is 32.1. The third kappa shape index (κ3) is 2.42. The van der Waals surface area contributed by atoms with Crippen LogP contribution in [0.2, 0.25) is 0 Å². The summed E-state index contributed by atoms with van der Waals surface area (Å²) in [6.45, 7) is 2.68. The Balaban J connectivity index is 1.76. The third-order valence-corrected chi connectivity index (χ3v) is 4.51. The lowest BCUT2D eigenvalue weighted by Crippen LogP contribution is -2.24. The third-order valence-electron chi connectivity index (χ3n) is 3.47. The van der Waals surface area contributed by atoms with Crippen LogP contribution in [0.1, 0.15) is 38.3 Å². The highest BCUT2D eigenvalue weighted by molar-refractivity contribution is 7.09. The van der Waals surface area contributed by atoms with Crippen LogP contribution >= 0.6 is 11.3 Å². The second-order valence-corrected chi connectivity index (χ2v) is 5.81. The number of aryl methyl sites for hydroxylation is 1. The Morgan fingerprint density at radius 1 is 1.24 bits per heavy atom. The van der Waals surface area contributed by atoms with Gasteiger partial charge in [0.1, 0.15) is 0 Å². The molecule has 1 aliphatic heterocycles. The van der Waals surface area contributed by atoms with Crippen LogP contribution in [0, 0.1) is 0 Å². The largest absolute Gasteiger partial charge is 0.379 e. The zero-order valence-corrected chi connectivity index (χ0v) is 12.7. The molecule has 2 heterocycles. The molecule has 5 nitrogen and oxygen atoms in total. The second-order valence-electron chi connectivity index (χ2n) is 4.87. The lowest BCUT2D eigenvalue weighted by molar-refractivity contribution is 0.0693. The Morgan fingerprint density at radius 2 is 2.00 bits per heavy atom. The highest BCUT2D eigenvalue weighted by Gasteiger charge is 2.32. The van der Waals surface area contributed by atoms with E-state index in [0.29, 0.717) is 17.7 Å². The van der Waals surface area contributed by atoms with Gasteiger partial charge < -0.3 is 5.32 Å². The zero-order chi connectivity index (χ0) is 15.0. The van der Waals surface area contributed by atoms with Crippen molar-refractivity contribution < 1.29 is 9.59 Å². The van der Waals surface area contributed by atoms with E-state index in [2.05, 4.69) is 17.2 Å². The molecule has 0 radical (unpaired) electrons. The maximum atomic E-state index is 11.9. The van der Waals surface area contributed by atoms with Crippen molar-refractivity contribution in [2.24, 2.45) is 0 Å². The minimum Gasteiger partial charge on any atom is -0.379 e. The highest BCUT2D eigenvalue weighted by Crippen LogP contribution is 2.25. The molecule has 0 aliphatic carbocycles. The molecule has 0 fully saturated rings. The predicted octanol–water partition coefficient (Wildman–Crippen LogP) is 2.54. The molecule has 0 bridgehead atoms. The van der Waals surface area contributed by atoms with Crippen LogP contribution in [0.25, 0.3) is 0 Å². The molecule has 1 aromatic heterocycles. The number of hydrogen-bond donors (Lipinski definition) is 1. The Hall–Kier alpha value is -2.21. The SMILES string of the molecule is CCc1nc(CNc2ccc3c(c2)C(=O)N(C)C3=O)cs1. The van der Waals surface area contributed by atoms with E-state index < -0.39 is 0 Å². The van der Waals surface area contributed by atoms with Crippen molar-refractivity contribution in [1.29, 1.82) is 0 Å². The number of thiazole rings is 1. The van der Waals surface area contributed by atoms with Gasteiger partial charge >= 0.3 is 0 Å². The van der Waals surface area contributed by atoms with Crippen molar-refractivity contribution in [3.8, 4) is 0 Å². The number of carbonyl (C=O) groups is 2. The second kappa shape index (κ2) is 5.29. The summed E-state index contributed by atoms with van der Waals surface area (Å²) < 4.78 is 0. The van der Waals surface area contributed by atoms with Crippen molar-refractivity contribution in [3.63, 3.8) is 0 Å². The molecule has 2 aromatic rings. The number of carbonyl (C=O) groups excluding carboxylic acids is 2. The van der Waals surface area contributed by atoms with Crippen LogP contribution in [0.5, 0.6) is 0 Å². The number of rotatable bonds is 4. The Bertz CT molecular complexity index is 723. The minimum atomic E-state index is -0.249. The molecule has 0 saturated heterocycles. The van der Waals surface area contributed by atoms with Gasteiger partial charge in [-0.2, -0.15) is 0 Å². The fourth-order valence-corrected chi connectivity index (χ4v) is 3.00. The van der Waals surface area contributed by atoms with E-state index in [-0.39, 0.29) is 11.8 Å². The Labute approximate surface area is 126 Å². The molecular formula is C15H15N3O2S. The molecule has 2 amide bonds. The molecule has 1 aliphatic rings. The molecule has 1 aromatic carbocycles. The summed E-state index contributed by atoms with van der Waals surface area (Å²) >= 11 is 1.65. The van der Waals surface area contributed by atoms with E-state index >= 15 is 0 Å². The summed E-state index contributed by atoms with van der Waals surface area (Å²) in [7, 11) is 1.50. The number of nitrogens with zero attached hydrogens (tertiary/aromatic N) is 2. The van der Waals surface area contributed by atoms with Gasteiger partial charge in [0.2, 0.25) is 0 Å². The van der Waals surface area contributed by atoms with Crippen LogP contribution in [0.15, 0.2) is 23.6 Å². The van der Waals surface area contributed by atoms with Gasteiger partial charge in [-0.1, -0.05) is 6.92 Å². The number of anilines is 1. The number of imide groups is 1. The van der Waals surface area contributed by atoms with Gasteiger partial charge in [0, 0.05) is 18.1 Å². The van der Waals surface area contributed by atoms with Crippen molar-refractivity contribution in [2.75, 3.05) is 12.4 Å². The van der Waals surface area contributed by atoms with Crippen molar-refractivity contribution >= 4 is 28.8 Å². The van der Waals surface area contributed by atoms with Crippen LogP contribution < -0.4 is 5.32 Å². The number of fused-ring (bicyclic) bond motifs is 1. The van der Waals surface area contributed by atoms with E-state index in [9.17, 15) is 9.59 Å². The zero-order valence-electron chi connectivity index (χ0n) is 11.8. The van der Waals surface area contributed by atoms with Crippen molar-refractivity contribution in [1.82, 2.24) is 9.88 Å². The number of amides is 2. The quantitative estimate of drug-likeness (QED) is 0.882. The summed E-state index contributed by atoms with van der Waals surface area (Å²) in [6, 6.07) is 5.24. The monoisotopic (exact) mass is 301 g/mol. The van der Waals surface area contributed by atoms with Gasteiger partial charge in [0.15, 0.2) is 0 Å². The molecular weight excluding hydrogens is 286 g/mol. The van der Waals surface area contributed by atoms with Crippen LogP contribution in [0.4, 0.5) is 5.69 Å². The summed E-state index contributed by atoms with van der Waals surface area (Å²) in [5, 5.41) is 6.38. The van der Waals surface area contributed by atoms with Gasteiger partial charge in [-0.3, -0.25) is 14.5 Å². The smallest absolute Gasteiger partial charge is 0.261 e. The minimum absolute atomic E-state index is 0.242. The first-order valence-corrected chi connectivity index (χ1v) is 7.61. The summed E-state index contributed by atoms with van der Waals surface area (Å²) in [4.78, 5) is 29.4. The summed E-state index contributed by atoms with van der Waals surface area (Å²) in [6.07, 6.45) is 0.937. The average Bonchev–Trinajstić information content (AvgIpc) is 3.05. The van der Waals surface area contributed by atoms with E-state index in [1.165, 1.54) is 7.05 Å². The first kappa shape index (κ1) is 13.8.